The molecule has 0 aliphatic carbocycles. The van der Waals surface area contributed by atoms with Crippen molar-refractivity contribution in [3.05, 3.63) is 29.5 Å². The predicted molar refractivity (Wildman–Crippen MR) is 68.9 cm³/mol. The number of aromatic nitrogens is 2. The van der Waals surface area contributed by atoms with Gasteiger partial charge < -0.3 is 10.4 Å². The Labute approximate surface area is 101 Å². The third-order valence-corrected chi connectivity index (χ3v) is 2.81. The summed E-state index contributed by atoms with van der Waals surface area (Å²) in [5, 5.41) is 21.4. The van der Waals surface area contributed by atoms with Crippen LogP contribution in [0.25, 0.3) is 10.9 Å². The minimum absolute atomic E-state index is 0.370. The Bertz CT molecular complexity index is 504. The van der Waals surface area contributed by atoms with E-state index in [1.165, 1.54) is 0 Å². The standard InChI is InChI=1S/C13H19N3O/c1-8(2)14-7-13(17)10-4-9(3)5-12-11(10)6-15-16-12/h4-6,8,13-14,17H,7H2,1-3H3,(H,15,16)/t13-/m0/s1. The Morgan fingerprint density at radius 3 is 2.88 bits per heavy atom. The zero-order chi connectivity index (χ0) is 12.4. The van der Waals surface area contributed by atoms with E-state index < -0.39 is 6.10 Å². The molecule has 0 saturated carbocycles. The van der Waals surface area contributed by atoms with E-state index in [1.807, 2.05) is 19.1 Å². The van der Waals surface area contributed by atoms with Crippen molar-refractivity contribution in [2.24, 2.45) is 0 Å². The van der Waals surface area contributed by atoms with Crippen molar-refractivity contribution in [1.29, 1.82) is 0 Å². The molecule has 0 spiro atoms. The number of nitrogens with zero attached hydrogens (tertiary/aromatic N) is 1. The van der Waals surface area contributed by atoms with Crippen LogP contribution < -0.4 is 5.32 Å². The largest absolute Gasteiger partial charge is 0.387 e. The van der Waals surface area contributed by atoms with Crippen LogP contribution in [0, 0.1) is 6.92 Å². The molecule has 1 aromatic carbocycles. The van der Waals surface area contributed by atoms with Gasteiger partial charge in [-0.1, -0.05) is 19.9 Å². The number of H-pyrrole nitrogens is 1. The lowest BCUT2D eigenvalue weighted by Crippen LogP contribution is -2.28. The van der Waals surface area contributed by atoms with Gasteiger partial charge in [-0.15, -0.1) is 0 Å². The van der Waals surface area contributed by atoms with Crippen molar-refractivity contribution < 1.29 is 5.11 Å². The highest BCUT2D eigenvalue weighted by atomic mass is 16.3. The number of fused-ring (bicyclic) bond motifs is 1. The second-order valence-corrected chi connectivity index (χ2v) is 4.76. The molecule has 17 heavy (non-hydrogen) atoms. The molecule has 2 rings (SSSR count). The van der Waals surface area contributed by atoms with Gasteiger partial charge in [-0.3, -0.25) is 5.10 Å². The number of rotatable bonds is 4. The first-order valence-corrected chi connectivity index (χ1v) is 5.93. The molecule has 2 aromatic rings. The van der Waals surface area contributed by atoms with Gasteiger partial charge in [0.1, 0.15) is 0 Å². The minimum Gasteiger partial charge on any atom is -0.387 e. The van der Waals surface area contributed by atoms with Gasteiger partial charge in [-0.05, 0) is 24.1 Å². The Morgan fingerprint density at radius 1 is 1.41 bits per heavy atom. The third kappa shape index (κ3) is 2.65. The first kappa shape index (κ1) is 12.1. The average molecular weight is 233 g/mol. The summed E-state index contributed by atoms with van der Waals surface area (Å²) < 4.78 is 0. The number of hydrogen-bond acceptors (Lipinski definition) is 3. The van der Waals surface area contributed by atoms with Crippen LogP contribution in [-0.2, 0) is 0 Å². The molecule has 1 aromatic heterocycles. The van der Waals surface area contributed by atoms with Gasteiger partial charge in [0.05, 0.1) is 17.8 Å². The second-order valence-electron chi connectivity index (χ2n) is 4.76. The van der Waals surface area contributed by atoms with Gasteiger partial charge in [0.2, 0.25) is 0 Å². The molecule has 0 radical (unpaired) electrons. The van der Waals surface area contributed by atoms with Crippen LogP contribution in [-0.4, -0.2) is 27.9 Å². The van der Waals surface area contributed by atoms with E-state index >= 15 is 0 Å². The van der Waals surface area contributed by atoms with E-state index in [-0.39, 0.29) is 0 Å². The van der Waals surface area contributed by atoms with Crippen LogP contribution in [0.4, 0.5) is 0 Å². The van der Waals surface area contributed by atoms with Gasteiger partial charge in [0.25, 0.3) is 0 Å². The number of aryl methyl sites for hydroxylation is 1. The average Bonchev–Trinajstić information content (AvgIpc) is 2.72. The molecule has 92 valence electrons. The molecule has 0 fully saturated rings. The zero-order valence-corrected chi connectivity index (χ0v) is 10.5. The monoisotopic (exact) mass is 233 g/mol. The van der Waals surface area contributed by atoms with E-state index in [0.717, 1.165) is 22.0 Å². The van der Waals surface area contributed by atoms with Crippen molar-refractivity contribution in [2.45, 2.75) is 32.9 Å². The predicted octanol–water partition coefficient (Wildman–Crippen LogP) is 1.90. The second kappa shape index (κ2) is 4.85. The maximum Gasteiger partial charge on any atom is 0.0921 e. The van der Waals surface area contributed by atoms with Crippen molar-refractivity contribution >= 4 is 10.9 Å². The van der Waals surface area contributed by atoms with Crippen LogP contribution in [0.3, 0.4) is 0 Å². The molecule has 0 aliphatic rings. The molecule has 3 N–H and O–H groups in total. The number of aliphatic hydroxyl groups excluding tert-OH is 1. The smallest absolute Gasteiger partial charge is 0.0921 e. The molecular weight excluding hydrogens is 214 g/mol. The van der Waals surface area contributed by atoms with Crippen LogP contribution in [0.5, 0.6) is 0 Å². The van der Waals surface area contributed by atoms with E-state index in [2.05, 4.69) is 29.4 Å². The number of benzene rings is 1. The Morgan fingerprint density at radius 2 is 2.18 bits per heavy atom. The van der Waals surface area contributed by atoms with Gasteiger partial charge in [-0.25, -0.2) is 0 Å². The topological polar surface area (TPSA) is 60.9 Å². The van der Waals surface area contributed by atoms with E-state index in [9.17, 15) is 5.11 Å². The number of aromatic amines is 1. The maximum atomic E-state index is 10.2. The molecule has 0 aliphatic heterocycles. The molecule has 0 unspecified atom stereocenters. The lowest BCUT2D eigenvalue weighted by atomic mass is 10.0. The van der Waals surface area contributed by atoms with Gasteiger partial charge in [-0.2, -0.15) is 5.10 Å². The fraction of sp³-hybridized carbons (Fsp3) is 0.462. The Hall–Kier alpha value is -1.39. The molecule has 1 heterocycles. The van der Waals surface area contributed by atoms with Crippen molar-refractivity contribution in [1.82, 2.24) is 15.5 Å². The van der Waals surface area contributed by atoms with Gasteiger partial charge >= 0.3 is 0 Å². The van der Waals surface area contributed by atoms with Crippen LogP contribution >= 0.6 is 0 Å². The fourth-order valence-corrected chi connectivity index (χ4v) is 1.96. The Balaban J connectivity index is 2.30. The summed E-state index contributed by atoms with van der Waals surface area (Å²) in [7, 11) is 0. The highest BCUT2D eigenvalue weighted by Gasteiger charge is 2.13. The number of hydrogen-bond donors (Lipinski definition) is 3. The van der Waals surface area contributed by atoms with E-state index in [1.54, 1.807) is 6.20 Å². The van der Waals surface area contributed by atoms with Crippen LogP contribution in [0.2, 0.25) is 0 Å². The molecule has 0 saturated heterocycles. The van der Waals surface area contributed by atoms with E-state index in [4.69, 9.17) is 0 Å². The molecule has 0 amide bonds. The van der Waals surface area contributed by atoms with Crippen molar-refractivity contribution in [3.8, 4) is 0 Å². The normalized spacial score (nSPS) is 13.5. The minimum atomic E-state index is -0.502. The van der Waals surface area contributed by atoms with Crippen molar-refractivity contribution in [2.75, 3.05) is 6.54 Å². The first-order chi connectivity index (χ1) is 8.08. The summed E-state index contributed by atoms with van der Waals surface area (Å²) in [4.78, 5) is 0. The zero-order valence-electron chi connectivity index (χ0n) is 10.5. The summed E-state index contributed by atoms with van der Waals surface area (Å²) in [6.45, 7) is 6.71. The lowest BCUT2D eigenvalue weighted by molar-refractivity contribution is 0.173. The lowest BCUT2D eigenvalue weighted by Gasteiger charge is -2.15. The van der Waals surface area contributed by atoms with Crippen molar-refractivity contribution in [3.63, 3.8) is 0 Å². The highest BCUT2D eigenvalue weighted by molar-refractivity contribution is 5.82. The highest BCUT2D eigenvalue weighted by Crippen LogP contribution is 2.24. The summed E-state index contributed by atoms with van der Waals surface area (Å²) in [6.07, 6.45) is 1.26. The molecule has 4 nitrogen and oxygen atoms in total. The first-order valence-electron chi connectivity index (χ1n) is 5.93. The van der Waals surface area contributed by atoms with Gasteiger partial charge in [0, 0.05) is 18.0 Å². The molecule has 1 atom stereocenters. The summed E-state index contributed by atoms with van der Waals surface area (Å²) in [5.74, 6) is 0. The Kier molecular flexibility index (Phi) is 3.45. The quantitative estimate of drug-likeness (QED) is 0.756. The molecular formula is C13H19N3O. The number of aliphatic hydroxyl groups is 1. The SMILES string of the molecule is Cc1cc([C@@H](O)CNC(C)C)c2cn[nH]c2c1. The van der Waals surface area contributed by atoms with Crippen LogP contribution in [0.1, 0.15) is 31.1 Å². The van der Waals surface area contributed by atoms with Gasteiger partial charge in [0.15, 0.2) is 0 Å². The summed E-state index contributed by atoms with van der Waals surface area (Å²) in [5.41, 5.74) is 3.03. The molecule has 4 heteroatoms. The fourth-order valence-electron chi connectivity index (χ4n) is 1.96. The van der Waals surface area contributed by atoms with Crippen LogP contribution in [0.15, 0.2) is 18.3 Å². The summed E-state index contributed by atoms with van der Waals surface area (Å²) in [6, 6.07) is 4.42. The molecule has 0 bridgehead atoms. The summed E-state index contributed by atoms with van der Waals surface area (Å²) >= 11 is 0. The maximum absolute atomic E-state index is 10.2. The third-order valence-electron chi connectivity index (χ3n) is 2.81. The van der Waals surface area contributed by atoms with E-state index in [0.29, 0.717) is 12.6 Å². The number of nitrogens with one attached hydrogen (secondary N) is 2.